The van der Waals surface area contributed by atoms with Crippen LogP contribution in [-0.2, 0) is 17.6 Å². The Hall–Kier alpha value is -2.32. The first-order chi connectivity index (χ1) is 13.6. The second kappa shape index (κ2) is 9.75. The van der Waals surface area contributed by atoms with Gasteiger partial charge in [-0.2, -0.15) is 5.26 Å². The first-order valence-corrected chi connectivity index (χ1v) is 11.0. The molecule has 0 radical (unpaired) electrons. The van der Waals surface area contributed by atoms with Gasteiger partial charge in [-0.3, -0.25) is 4.79 Å². The van der Waals surface area contributed by atoms with Crippen LogP contribution in [0.5, 0.6) is 0 Å². The predicted octanol–water partition coefficient (Wildman–Crippen LogP) is 5.35. The number of amides is 1. The number of benzene rings is 1. The van der Waals surface area contributed by atoms with Gasteiger partial charge in [0.25, 0.3) is 0 Å². The van der Waals surface area contributed by atoms with E-state index < -0.39 is 0 Å². The molecule has 1 aromatic carbocycles. The van der Waals surface area contributed by atoms with Gasteiger partial charge in [0.05, 0.1) is 5.56 Å². The van der Waals surface area contributed by atoms with Gasteiger partial charge in [-0.1, -0.05) is 18.9 Å². The monoisotopic (exact) mass is 393 g/mol. The van der Waals surface area contributed by atoms with Crippen molar-refractivity contribution in [3.05, 3.63) is 52.2 Å². The normalized spacial score (nSPS) is 13.8. The highest BCUT2D eigenvalue weighted by Gasteiger charge is 2.14. The lowest BCUT2D eigenvalue weighted by atomic mass is 9.96. The molecule has 0 fully saturated rings. The third-order valence-electron chi connectivity index (χ3n) is 5.24. The number of nitrogens with zero attached hydrogens (tertiary/aromatic N) is 2. The fourth-order valence-corrected chi connectivity index (χ4v) is 4.36. The Morgan fingerprint density at radius 3 is 2.68 bits per heavy atom. The molecule has 1 N–H and O–H groups in total. The highest BCUT2D eigenvalue weighted by atomic mass is 32.2. The summed E-state index contributed by atoms with van der Waals surface area (Å²) in [7, 11) is 0. The van der Waals surface area contributed by atoms with E-state index in [-0.39, 0.29) is 5.91 Å². The molecule has 1 aromatic heterocycles. The molecule has 0 unspecified atom stereocenters. The molecule has 2 aromatic rings. The van der Waals surface area contributed by atoms with Gasteiger partial charge in [0.2, 0.25) is 5.91 Å². The van der Waals surface area contributed by atoms with Crippen LogP contribution in [0, 0.1) is 25.2 Å². The molecule has 1 heterocycles. The van der Waals surface area contributed by atoms with Crippen LogP contribution in [0.4, 0.5) is 5.69 Å². The van der Waals surface area contributed by atoms with Gasteiger partial charge in [-0.15, -0.1) is 11.8 Å². The molecule has 4 nitrogen and oxygen atoms in total. The van der Waals surface area contributed by atoms with Crippen molar-refractivity contribution in [2.75, 3.05) is 11.1 Å². The van der Waals surface area contributed by atoms with E-state index in [0.717, 1.165) is 41.2 Å². The minimum Gasteiger partial charge on any atom is -0.326 e. The summed E-state index contributed by atoms with van der Waals surface area (Å²) in [5, 5.41) is 13.2. The summed E-state index contributed by atoms with van der Waals surface area (Å²) < 4.78 is 0. The molecule has 146 valence electrons. The fraction of sp³-hybridized carbons (Fsp3) is 0.435. The zero-order valence-electron chi connectivity index (χ0n) is 16.7. The lowest BCUT2D eigenvalue weighted by Crippen LogP contribution is -2.12. The summed E-state index contributed by atoms with van der Waals surface area (Å²) in [4.78, 5) is 17.1. The third-order valence-corrected chi connectivity index (χ3v) is 6.24. The summed E-state index contributed by atoms with van der Waals surface area (Å²) in [5.41, 5.74) is 6.21. The summed E-state index contributed by atoms with van der Waals surface area (Å²) >= 11 is 1.51. The molecule has 3 rings (SSSR count). The maximum absolute atomic E-state index is 12.3. The minimum atomic E-state index is -0.0134. The van der Waals surface area contributed by atoms with Crippen LogP contribution < -0.4 is 5.32 Å². The van der Waals surface area contributed by atoms with Gasteiger partial charge in [0, 0.05) is 23.6 Å². The molecular formula is C23H27N3OS. The second-order valence-corrected chi connectivity index (χ2v) is 8.50. The number of rotatable bonds is 5. The Kier molecular flexibility index (Phi) is 7.11. The Morgan fingerprint density at radius 2 is 1.93 bits per heavy atom. The maximum atomic E-state index is 12.3. The number of hydrogen-bond donors (Lipinski definition) is 1. The van der Waals surface area contributed by atoms with E-state index in [0.29, 0.717) is 17.7 Å². The van der Waals surface area contributed by atoms with Crippen molar-refractivity contribution in [1.82, 2.24) is 4.98 Å². The molecule has 1 amide bonds. The largest absolute Gasteiger partial charge is 0.326 e. The third kappa shape index (κ3) is 5.36. The molecule has 28 heavy (non-hydrogen) atoms. The number of hydrogen-bond acceptors (Lipinski definition) is 4. The van der Waals surface area contributed by atoms with Crippen molar-refractivity contribution in [1.29, 1.82) is 5.26 Å². The van der Waals surface area contributed by atoms with Gasteiger partial charge in [0.15, 0.2) is 0 Å². The average Bonchev–Trinajstić information content (AvgIpc) is 2.65. The van der Waals surface area contributed by atoms with Gasteiger partial charge in [-0.25, -0.2) is 4.98 Å². The highest BCUT2D eigenvalue weighted by Crippen LogP contribution is 2.27. The number of thioether (sulfide) groups is 1. The molecule has 1 aliphatic carbocycles. The summed E-state index contributed by atoms with van der Waals surface area (Å²) in [6.45, 7) is 4.09. The van der Waals surface area contributed by atoms with Crippen molar-refractivity contribution in [3.63, 3.8) is 0 Å². The van der Waals surface area contributed by atoms with Crippen molar-refractivity contribution in [2.24, 2.45) is 0 Å². The van der Waals surface area contributed by atoms with Gasteiger partial charge >= 0.3 is 0 Å². The molecule has 0 saturated heterocycles. The number of pyridine rings is 1. The quantitative estimate of drug-likeness (QED) is 0.695. The van der Waals surface area contributed by atoms with Crippen LogP contribution in [0.25, 0.3) is 0 Å². The number of nitrogens with one attached hydrogen (secondary N) is 1. The van der Waals surface area contributed by atoms with Crippen LogP contribution >= 0.6 is 11.8 Å². The average molecular weight is 394 g/mol. The van der Waals surface area contributed by atoms with E-state index in [1.807, 2.05) is 31.2 Å². The van der Waals surface area contributed by atoms with Gasteiger partial charge in [0.1, 0.15) is 11.1 Å². The summed E-state index contributed by atoms with van der Waals surface area (Å²) in [6.07, 6.45) is 7.23. The molecule has 0 saturated carbocycles. The van der Waals surface area contributed by atoms with Crippen LogP contribution in [0.1, 0.15) is 60.1 Å². The number of aryl methyl sites for hydroxylation is 4. The molecule has 5 heteroatoms. The lowest BCUT2D eigenvalue weighted by Gasteiger charge is -2.15. The molecule has 0 bridgehead atoms. The Bertz CT molecular complexity index is 901. The SMILES string of the molecule is Cc1ccc(NC(=O)CCSc2nc3c(cc2C#N)CCCCCC3)cc1C. The number of carbonyl (C=O) groups is 1. The van der Waals surface area contributed by atoms with E-state index in [4.69, 9.17) is 4.98 Å². The van der Waals surface area contributed by atoms with Crippen LogP contribution in [0.2, 0.25) is 0 Å². The van der Waals surface area contributed by atoms with E-state index >= 15 is 0 Å². The lowest BCUT2D eigenvalue weighted by molar-refractivity contribution is -0.115. The Balaban J connectivity index is 1.60. The van der Waals surface area contributed by atoms with E-state index in [2.05, 4.69) is 18.3 Å². The summed E-state index contributed by atoms with van der Waals surface area (Å²) in [6, 6.07) is 10.2. The number of fused-ring (bicyclic) bond motifs is 1. The zero-order chi connectivity index (χ0) is 19.9. The second-order valence-electron chi connectivity index (χ2n) is 7.42. The molecule has 0 atom stereocenters. The number of carbonyl (C=O) groups excluding carboxylic acids is 1. The molecule has 0 aliphatic heterocycles. The first-order valence-electron chi connectivity index (χ1n) is 9.99. The molecular weight excluding hydrogens is 366 g/mol. The molecule has 0 spiro atoms. The van der Waals surface area contributed by atoms with Gasteiger partial charge in [-0.05, 0) is 74.4 Å². The Morgan fingerprint density at radius 1 is 1.14 bits per heavy atom. The van der Waals surface area contributed by atoms with Crippen molar-refractivity contribution >= 4 is 23.4 Å². The highest BCUT2D eigenvalue weighted by molar-refractivity contribution is 7.99. The van der Waals surface area contributed by atoms with Crippen LogP contribution in [-0.4, -0.2) is 16.6 Å². The smallest absolute Gasteiger partial charge is 0.225 e. The minimum absolute atomic E-state index is 0.0134. The molecule has 1 aliphatic rings. The van der Waals surface area contributed by atoms with E-state index in [1.54, 1.807) is 0 Å². The first kappa shape index (κ1) is 20.4. The van der Waals surface area contributed by atoms with Crippen LogP contribution in [0.15, 0.2) is 29.3 Å². The maximum Gasteiger partial charge on any atom is 0.225 e. The predicted molar refractivity (Wildman–Crippen MR) is 115 cm³/mol. The Labute approximate surface area is 171 Å². The van der Waals surface area contributed by atoms with E-state index in [1.165, 1.54) is 42.2 Å². The van der Waals surface area contributed by atoms with E-state index in [9.17, 15) is 10.1 Å². The fourth-order valence-electron chi connectivity index (χ4n) is 3.44. The van der Waals surface area contributed by atoms with Crippen molar-refractivity contribution < 1.29 is 4.79 Å². The van der Waals surface area contributed by atoms with Crippen LogP contribution in [0.3, 0.4) is 0 Å². The summed E-state index contributed by atoms with van der Waals surface area (Å²) in [5.74, 6) is 0.595. The number of anilines is 1. The zero-order valence-corrected chi connectivity index (χ0v) is 17.5. The number of nitriles is 1. The number of aromatic nitrogens is 1. The van der Waals surface area contributed by atoms with Gasteiger partial charge < -0.3 is 5.32 Å². The van der Waals surface area contributed by atoms with Crippen molar-refractivity contribution in [2.45, 2.75) is 63.8 Å². The standard InChI is InChI=1S/C23H27N3OS/c1-16-9-10-20(13-17(16)2)25-22(27)11-12-28-23-19(15-24)14-18-7-5-3-4-6-8-21(18)26-23/h9-10,13-14H,3-8,11-12H2,1-2H3,(H,25,27). The topological polar surface area (TPSA) is 65.8 Å². The van der Waals surface area contributed by atoms with Crippen molar-refractivity contribution in [3.8, 4) is 6.07 Å².